The Bertz CT molecular complexity index is 1230. The van der Waals surface area contributed by atoms with Crippen LogP contribution >= 0.6 is 23.4 Å². The molecule has 0 aliphatic heterocycles. The molecule has 0 radical (unpaired) electrons. The van der Waals surface area contributed by atoms with Crippen LogP contribution in [0.5, 0.6) is 5.75 Å². The van der Waals surface area contributed by atoms with E-state index in [1.54, 1.807) is 49.6 Å². The van der Waals surface area contributed by atoms with Crippen LogP contribution in [0.1, 0.15) is 41.6 Å². The van der Waals surface area contributed by atoms with Gasteiger partial charge in [0.25, 0.3) is 5.91 Å². The van der Waals surface area contributed by atoms with Gasteiger partial charge in [0.05, 0.1) is 18.9 Å². The average molecular weight is 528 g/mol. The van der Waals surface area contributed by atoms with Gasteiger partial charge in [-0.25, -0.2) is 0 Å². The second-order valence-electron chi connectivity index (χ2n) is 8.46. The van der Waals surface area contributed by atoms with E-state index in [1.165, 1.54) is 11.8 Å². The van der Waals surface area contributed by atoms with E-state index >= 15 is 0 Å². The number of halogens is 1. The summed E-state index contributed by atoms with van der Waals surface area (Å²) in [6.07, 6.45) is 1.73. The smallest absolute Gasteiger partial charge is 0.251 e. The molecule has 0 saturated carbocycles. The Kier molecular flexibility index (Phi) is 9.55. The summed E-state index contributed by atoms with van der Waals surface area (Å²) in [7, 11) is 1.58. The first-order chi connectivity index (χ1) is 17.2. The molecule has 0 bridgehead atoms. The lowest BCUT2D eigenvalue weighted by atomic mass is 10.0. The molecule has 2 aromatic carbocycles. The van der Waals surface area contributed by atoms with Crippen LogP contribution in [0.15, 0.2) is 60.3 Å². The van der Waals surface area contributed by atoms with Crippen molar-refractivity contribution in [1.29, 1.82) is 0 Å². The molecular formula is C26H30ClN5O3S. The molecule has 0 spiro atoms. The molecule has 3 aromatic rings. The van der Waals surface area contributed by atoms with Gasteiger partial charge in [-0.3, -0.25) is 9.59 Å². The zero-order chi connectivity index (χ0) is 26.2. The lowest BCUT2D eigenvalue weighted by molar-refractivity contribution is -0.113. The number of methoxy groups -OCH3 is 1. The van der Waals surface area contributed by atoms with Gasteiger partial charge in [0.15, 0.2) is 11.0 Å². The van der Waals surface area contributed by atoms with Crippen molar-refractivity contribution < 1.29 is 14.3 Å². The Morgan fingerprint density at radius 3 is 2.56 bits per heavy atom. The molecule has 3 rings (SSSR count). The minimum Gasteiger partial charge on any atom is -0.497 e. The molecule has 0 fully saturated rings. The van der Waals surface area contributed by atoms with Gasteiger partial charge < -0.3 is 19.9 Å². The van der Waals surface area contributed by atoms with Crippen molar-refractivity contribution in [2.45, 2.75) is 38.5 Å². The monoisotopic (exact) mass is 527 g/mol. The number of carbonyl (C=O) groups is 2. The molecule has 1 heterocycles. The van der Waals surface area contributed by atoms with Gasteiger partial charge in [0, 0.05) is 22.8 Å². The van der Waals surface area contributed by atoms with Gasteiger partial charge >= 0.3 is 0 Å². The zero-order valence-corrected chi connectivity index (χ0v) is 22.3. The summed E-state index contributed by atoms with van der Waals surface area (Å²) in [6, 6.07) is 11.8. The molecule has 8 nitrogen and oxygen atoms in total. The number of nitrogens with zero attached hydrogens (tertiary/aromatic N) is 3. The molecular weight excluding hydrogens is 498 g/mol. The number of hydrogen-bond donors (Lipinski definition) is 2. The van der Waals surface area contributed by atoms with Crippen LogP contribution in [-0.2, 0) is 11.3 Å². The number of amides is 2. The van der Waals surface area contributed by atoms with Crippen LogP contribution in [0.4, 0.5) is 5.69 Å². The minimum absolute atomic E-state index is 0.0342. The Morgan fingerprint density at radius 2 is 1.92 bits per heavy atom. The SMILES string of the molecule is C=CCn1c(SCC(=O)Nc2cc(Cl)ccc2C)nnc1[C@H](NC(=O)c1ccc(OC)cc1)C(C)C. The number of nitrogens with one attached hydrogen (secondary N) is 2. The van der Waals surface area contributed by atoms with Gasteiger partial charge in [-0.2, -0.15) is 0 Å². The maximum Gasteiger partial charge on any atom is 0.251 e. The normalized spacial score (nSPS) is 11.7. The number of carbonyl (C=O) groups excluding carboxylic acids is 2. The highest BCUT2D eigenvalue weighted by Gasteiger charge is 2.26. The van der Waals surface area contributed by atoms with E-state index in [4.69, 9.17) is 16.3 Å². The van der Waals surface area contributed by atoms with Crippen LogP contribution in [0.3, 0.4) is 0 Å². The Morgan fingerprint density at radius 1 is 1.19 bits per heavy atom. The number of aryl methyl sites for hydroxylation is 1. The van der Waals surface area contributed by atoms with E-state index in [0.717, 1.165) is 5.56 Å². The topological polar surface area (TPSA) is 98.1 Å². The predicted molar refractivity (Wildman–Crippen MR) is 144 cm³/mol. The maximum absolute atomic E-state index is 13.0. The highest BCUT2D eigenvalue weighted by molar-refractivity contribution is 7.99. The summed E-state index contributed by atoms with van der Waals surface area (Å²) in [6.45, 7) is 10.2. The van der Waals surface area contributed by atoms with Crippen molar-refractivity contribution in [3.05, 3.63) is 77.1 Å². The fraction of sp³-hybridized carbons (Fsp3) is 0.308. The Hall–Kier alpha value is -3.30. The van der Waals surface area contributed by atoms with Crippen LogP contribution < -0.4 is 15.4 Å². The lowest BCUT2D eigenvalue weighted by Gasteiger charge is -2.22. The largest absolute Gasteiger partial charge is 0.497 e. The number of ether oxygens (including phenoxy) is 1. The second-order valence-corrected chi connectivity index (χ2v) is 9.84. The third-order valence-corrected chi connectivity index (χ3v) is 6.65. The number of allylic oxidation sites excluding steroid dienone is 1. The van der Waals surface area contributed by atoms with Crippen molar-refractivity contribution in [3.63, 3.8) is 0 Å². The molecule has 1 atom stereocenters. The summed E-state index contributed by atoms with van der Waals surface area (Å²) >= 11 is 7.32. The van der Waals surface area contributed by atoms with Crippen molar-refractivity contribution in [1.82, 2.24) is 20.1 Å². The van der Waals surface area contributed by atoms with E-state index in [-0.39, 0.29) is 23.5 Å². The predicted octanol–water partition coefficient (Wildman–Crippen LogP) is 5.29. The molecule has 190 valence electrons. The minimum atomic E-state index is -0.399. The summed E-state index contributed by atoms with van der Waals surface area (Å²) in [4.78, 5) is 25.5. The van der Waals surface area contributed by atoms with Crippen LogP contribution in [-0.4, -0.2) is 39.4 Å². The quantitative estimate of drug-likeness (QED) is 0.259. The summed E-state index contributed by atoms with van der Waals surface area (Å²) < 4.78 is 7.04. The van der Waals surface area contributed by atoms with E-state index in [9.17, 15) is 9.59 Å². The van der Waals surface area contributed by atoms with Crippen molar-refractivity contribution in [2.75, 3.05) is 18.2 Å². The molecule has 2 N–H and O–H groups in total. The highest BCUT2D eigenvalue weighted by Crippen LogP contribution is 2.26. The number of thioether (sulfide) groups is 1. The van der Waals surface area contributed by atoms with E-state index in [1.807, 2.05) is 31.4 Å². The molecule has 10 heteroatoms. The lowest BCUT2D eigenvalue weighted by Crippen LogP contribution is -2.33. The summed E-state index contributed by atoms with van der Waals surface area (Å²) in [5.41, 5.74) is 2.10. The number of rotatable bonds is 11. The molecule has 0 unspecified atom stereocenters. The van der Waals surface area contributed by atoms with E-state index < -0.39 is 6.04 Å². The molecule has 36 heavy (non-hydrogen) atoms. The van der Waals surface area contributed by atoms with Crippen LogP contribution in [0.25, 0.3) is 0 Å². The second kappa shape index (κ2) is 12.6. The van der Waals surface area contributed by atoms with Gasteiger partial charge in [-0.1, -0.05) is 49.4 Å². The molecule has 0 aliphatic carbocycles. The fourth-order valence-corrected chi connectivity index (χ4v) is 4.41. The molecule has 0 saturated heterocycles. The van der Waals surface area contributed by atoms with Crippen LogP contribution in [0.2, 0.25) is 5.02 Å². The first-order valence-corrected chi connectivity index (χ1v) is 12.8. The zero-order valence-electron chi connectivity index (χ0n) is 20.7. The molecule has 2 amide bonds. The van der Waals surface area contributed by atoms with E-state index in [0.29, 0.717) is 39.5 Å². The summed E-state index contributed by atoms with van der Waals surface area (Å²) in [5.74, 6) is 1.02. The maximum atomic E-state index is 13.0. The van der Waals surface area contributed by atoms with Gasteiger partial charge in [0.1, 0.15) is 5.75 Å². The molecule has 0 aliphatic rings. The third kappa shape index (κ3) is 6.89. The van der Waals surface area contributed by atoms with Gasteiger partial charge in [-0.05, 0) is 54.8 Å². The molecule has 1 aromatic heterocycles. The van der Waals surface area contributed by atoms with Crippen molar-refractivity contribution in [2.24, 2.45) is 5.92 Å². The van der Waals surface area contributed by atoms with Gasteiger partial charge in [-0.15, -0.1) is 16.8 Å². The number of hydrogen-bond acceptors (Lipinski definition) is 6. The summed E-state index contributed by atoms with van der Waals surface area (Å²) in [5, 5.41) is 15.8. The number of benzene rings is 2. The van der Waals surface area contributed by atoms with Gasteiger partial charge in [0.2, 0.25) is 5.91 Å². The first-order valence-electron chi connectivity index (χ1n) is 11.4. The van der Waals surface area contributed by atoms with E-state index in [2.05, 4.69) is 27.4 Å². The van der Waals surface area contributed by atoms with Crippen LogP contribution in [0, 0.1) is 12.8 Å². The fourth-order valence-electron chi connectivity index (χ4n) is 3.48. The van der Waals surface area contributed by atoms with Crippen molar-refractivity contribution in [3.8, 4) is 5.75 Å². The Balaban J connectivity index is 1.75. The Labute approximate surface area is 220 Å². The standard InChI is InChI=1S/C26H30ClN5O3S/c1-6-13-32-24(23(16(2)3)29-25(34)18-8-11-20(35-5)12-9-18)30-31-26(32)36-15-22(33)28-21-14-19(27)10-7-17(21)4/h6-12,14,16,23H,1,13,15H2,2-5H3,(H,28,33)(H,29,34)/t23-/m1/s1. The first kappa shape index (κ1) is 27.3. The third-order valence-electron chi connectivity index (χ3n) is 5.45. The number of anilines is 1. The number of aromatic nitrogens is 3. The average Bonchev–Trinajstić information content (AvgIpc) is 3.25. The highest BCUT2D eigenvalue weighted by atomic mass is 35.5. The van der Waals surface area contributed by atoms with Crippen molar-refractivity contribution >= 4 is 40.9 Å².